The summed E-state index contributed by atoms with van der Waals surface area (Å²) in [6.07, 6.45) is 9.73. The predicted octanol–water partition coefficient (Wildman–Crippen LogP) is 3.83. The molecule has 3 nitrogen and oxygen atoms in total. The zero-order valence-electron chi connectivity index (χ0n) is 13.1. The molecule has 0 amide bonds. The molecule has 0 radical (unpaired) electrons. The SMILES string of the molecule is Cc1ccc(N2CCC3(CCCCC3)CC2)c(C(=N)N)c1. The summed E-state index contributed by atoms with van der Waals surface area (Å²) in [5.74, 6) is 0.187. The number of rotatable bonds is 2. The Kier molecular flexibility index (Phi) is 3.92. The van der Waals surface area contributed by atoms with Crippen molar-refractivity contribution in [2.45, 2.75) is 51.9 Å². The van der Waals surface area contributed by atoms with Gasteiger partial charge in [-0.05, 0) is 50.2 Å². The highest BCUT2D eigenvalue weighted by atomic mass is 15.1. The number of hydrogen-bond acceptors (Lipinski definition) is 2. The number of anilines is 1. The number of piperidine rings is 1. The van der Waals surface area contributed by atoms with Crippen LogP contribution < -0.4 is 10.6 Å². The molecule has 0 unspecified atom stereocenters. The molecule has 3 rings (SSSR count). The van der Waals surface area contributed by atoms with Gasteiger partial charge in [-0.15, -0.1) is 0 Å². The predicted molar refractivity (Wildman–Crippen MR) is 89.2 cm³/mol. The van der Waals surface area contributed by atoms with Crippen molar-refractivity contribution in [3.63, 3.8) is 0 Å². The van der Waals surface area contributed by atoms with Crippen molar-refractivity contribution in [1.29, 1.82) is 5.41 Å². The van der Waals surface area contributed by atoms with Gasteiger partial charge in [0.2, 0.25) is 0 Å². The summed E-state index contributed by atoms with van der Waals surface area (Å²) in [6, 6.07) is 6.32. The molecule has 0 aromatic heterocycles. The fraction of sp³-hybridized carbons (Fsp3) is 0.611. The molecule has 3 heteroatoms. The Morgan fingerprint density at radius 1 is 1.10 bits per heavy atom. The normalized spacial score (nSPS) is 21.5. The van der Waals surface area contributed by atoms with Gasteiger partial charge in [-0.1, -0.05) is 30.9 Å². The van der Waals surface area contributed by atoms with Crippen molar-refractivity contribution in [3.8, 4) is 0 Å². The summed E-state index contributed by atoms with van der Waals surface area (Å²) in [6.45, 7) is 4.29. The minimum atomic E-state index is 0.187. The lowest BCUT2D eigenvalue weighted by atomic mass is 9.68. The second kappa shape index (κ2) is 5.70. The Bertz CT molecular complexity index is 519. The molecule has 21 heavy (non-hydrogen) atoms. The quantitative estimate of drug-likeness (QED) is 0.641. The lowest BCUT2D eigenvalue weighted by molar-refractivity contribution is 0.144. The first-order valence-electron chi connectivity index (χ1n) is 8.30. The lowest BCUT2D eigenvalue weighted by Crippen LogP contribution is -2.41. The van der Waals surface area contributed by atoms with Crippen molar-refractivity contribution in [2.75, 3.05) is 18.0 Å². The lowest BCUT2D eigenvalue weighted by Gasteiger charge is -2.45. The highest BCUT2D eigenvalue weighted by molar-refractivity contribution is 6.00. The molecule has 0 atom stereocenters. The minimum absolute atomic E-state index is 0.187. The summed E-state index contributed by atoms with van der Waals surface area (Å²) >= 11 is 0. The van der Waals surface area contributed by atoms with Crippen molar-refractivity contribution < 1.29 is 0 Å². The number of benzene rings is 1. The monoisotopic (exact) mass is 285 g/mol. The van der Waals surface area contributed by atoms with Crippen molar-refractivity contribution in [1.82, 2.24) is 0 Å². The van der Waals surface area contributed by atoms with Crippen LogP contribution in [0, 0.1) is 17.7 Å². The van der Waals surface area contributed by atoms with Gasteiger partial charge < -0.3 is 10.6 Å². The largest absolute Gasteiger partial charge is 0.384 e. The van der Waals surface area contributed by atoms with Crippen LogP contribution >= 0.6 is 0 Å². The van der Waals surface area contributed by atoms with Crippen LogP contribution in [0.2, 0.25) is 0 Å². The Balaban J connectivity index is 1.76. The number of nitrogen functional groups attached to an aromatic ring is 1. The first kappa shape index (κ1) is 14.4. The molecule has 1 aliphatic heterocycles. The third kappa shape index (κ3) is 2.92. The molecule has 1 saturated carbocycles. The van der Waals surface area contributed by atoms with Crippen LogP contribution in [0.15, 0.2) is 18.2 Å². The maximum Gasteiger partial charge on any atom is 0.124 e. The number of nitrogens with zero attached hydrogens (tertiary/aromatic N) is 1. The van der Waals surface area contributed by atoms with Gasteiger partial charge in [0.1, 0.15) is 5.84 Å². The van der Waals surface area contributed by atoms with Crippen LogP contribution in [0.3, 0.4) is 0 Å². The van der Waals surface area contributed by atoms with Gasteiger partial charge in [-0.2, -0.15) is 0 Å². The summed E-state index contributed by atoms with van der Waals surface area (Å²) in [5.41, 5.74) is 9.62. The van der Waals surface area contributed by atoms with Crippen LogP contribution in [-0.4, -0.2) is 18.9 Å². The maximum absolute atomic E-state index is 7.83. The third-order valence-electron chi connectivity index (χ3n) is 5.52. The molecule has 0 bridgehead atoms. The molecular weight excluding hydrogens is 258 g/mol. The summed E-state index contributed by atoms with van der Waals surface area (Å²) in [5, 5.41) is 7.83. The Morgan fingerprint density at radius 2 is 1.76 bits per heavy atom. The highest BCUT2D eigenvalue weighted by Crippen LogP contribution is 2.45. The summed E-state index contributed by atoms with van der Waals surface area (Å²) in [4.78, 5) is 2.44. The van der Waals surface area contributed by atoms with E-state index in [9.17, 15) is 0 Å². The number of amidine groups is 1. The molecule has 114 valence electrons. The van der Waals surface area contributed by atoms with E-state index in [1.54, 1.807) is 0 Å². The van der Waals surface area contributed by atoms with Crippen molar-refractivity contribution in [3.05, 3.63) is 29.3 Å². The minimum Gasteiger partial charge on any atom is -0.384 e. The molecule has 1 spiro atoms. The first-order valence-corrected chi connectivity index (χ1v) is 8.30. The fourth-order valence-electron chi connectivity index (χ4n) is 4.17. The van der Waals surface area contributed by atoms with Crippen molar-refractivity contribution in [2.24, 2.45) is 11.1 Å². The zero-order chi connectivity index (χ0) is 14.9. The van der Waals surface area contributed by atoms with Gasteiger partial charge in [0, 0.05) is 24.3 Å². The van der Waals surface area contributed by atoms with Crippen LogP contribution in [-0.2, 0) is 0 Å². The number of aryl methyl sites for hydroxylation is 1. The smallest absolute Gasteiger partial charge is 0.124 e. The average molecular weight is 285 g/mol. The molecule has 1 heterocycles. The highest BCUT2D eigenvalue weighted by Gasteiger charge is 2.35. The Labute approximate surface area is 128 Å². The molecule has 2 aliphatic rings. The number of nitrogens with one attached hydrogen (secondary N) is 1. The second-order valence-corrected chi connectivity index (χ2v) is 6.98. The van der Waals surface area contributed by atoms with Crippen molar-refractivity contribution >= 4 is 11.5 Å². The van der Waals surface area contributed by atoms with Crippen LogP contribution in [0.5, 0.6) is 0 Å². The van der Waals surface area contributed by atoms with E-state index in [0.29, 0.717) is 5.41 Å². The fourth-order valence-corrected chi connectivity index (χ4v) is 4.17. The van der Waals surface area contributed by atoms with E-state index in [2.05, 4.69) is 24.0 Å². The average Bonchev–Trinajstić information content (AvgIpc) is 2.49. The van der Waals surface area contributed by atoms with Gasteiger partial charge in [0.25, 0.3) is 0 Å². The van der Waals surface area contributed by atoms with Gasteiger partial charge in [-0.25, -0.2) is 0 Å². The molecule has 2 fully saturated rings. The van der Waals surface area contributed by atoms with Crippen LogP contribution in [0.1, 0.15) is 56.1 Å². The molecular formula is C18H27N3. The standard InChI is InChI=1S/C18H27N3/c1-14-5-6-16(15(13-14)17(19)20)21-11-9-18(10-12-21)7-3-2-4-8-18/h5-6,13H,2-4,7-12H2,1H3,(H3,19,20). The Morgan fingerprint density at radius 3 is 2.38 bits per heavy atom. The number of nitrogens with two attached hydrogens (primary N) is 1. The van der Waals surface area contributed by atoms with Gasteiger partial charge >= 0.3 is 0 Å². The van der Waals surface area contributed by atoms with E-state index in [0.717, 1.165) is 24.3 Å². The van der Waals surface area contributed by atoms with E-state index >= 15 is 0 Å². The third-order valence-corrected chi connectivity index (χ3v) is 5.52. The molecule has 1 saturated heterocycles. The second-order valence-electron chi connectivity index (χ2n) is 6.98. The molecule has 1 aromatic rings. The molecule has 1 aromatic carbocycles. The van der Waals surface area contributed by atoms with Crippen LogP contribution in [0.25, 0.3) is 0 Å². The van der Waals surface area contributed by atoms with E-state index in [4.69, 9.17) is 11.1 Å². The van der Waals surface area contributed by atoms with Gasteiger partial charge in [0.05, 0.1) is 0 Å². The maximum atomic E-state index is 7.83. The number of hydrogen-bond donors (Lipinski definition) is 2. The topological polar surface area (TPSA) is 53.1 Å². The summed E-state index contributed by atoms with van der Waals surface area (Å²) < 4.78 is 0. The van der Waals surface area contributed by atoms with Gasteiger partial charge in [-0.3, -0.25) is 5.41 Å². The van der Waals surface area contributed by atoms with E-state index < -0.39 is 0 Å². The molecule has 1 aliphatic carbocycles. The van der Waals surface area contributed by atoms with Crippen LogP contribution in [0.4, 0.5) is 5.69 Å². The first-order chi connectivity index (χ1) is 10.1. The van der Waals surface area contributed by atoms with Gasteiger partial charge in [0.15, 0.2) is 0 Å². The Hall–Kier alpha value is -1.51. The van der Waals surface area contributed by atoms with E-state index in [1.165, 1.54) is 50.5 Å². The summed E-state index contributed by atoms with van der Waals surface area (Å²) in [7, 11) is 0. The van der Waals surface area contributed by atoms with E-state index in [-0.39, 0.29) is 5.84 Å². The molecule has 3 N–H and O–H groups in total. The van der Waals surface area contributed by atoms with E-state index in [1.807, 2.05) is 6.07 Å². The zero-order valence-corrected chi connectivity index (χ0v) is 13.1.